The molecular weight excluding hydrogens is 232 g/mol. The SMILES string of the molecule is Cn1ccc(C(=O)NCCc2cnc[nH]2)cc1=O. The molecule has 2 aromatic heterocycles. The molecule has 0 aliphatic heterocycles. The van der Waals surface area contributed by atoms with Crippen LogP contribution in [0.5, 0.6) is 0 Å². The molecule has 94 valence electrons. The molecule has 2 aromatic rings. The van der Waals surface area contributed by atoms with Gasteiger partial charge in [-0.3, -0.25) is 9.59 Å². The number of H-pyrrole nitrogens is 1. The summed E-state index contributed by atoms with van der Waals surface area (Å²) in [6.45, 7) is 0.496. The smallest absolute Gasteiger partial charge is 0.251 e. The molecule has 6 nitrogen and oxygen atoms in total. The van der Waals surface area contributed by atoms with E-state index in [9.17, 15) is 9.59 Å². The number of hydrogen-bond acceptors (Lipinski definition) is 3. The van der Waals surface area contributed by atoms with Crippen molar-refractivity contribution in [2.75, 3.05) is 6.54 Å². The molecule has 0 spiro atoms. The summed E-state index contributed by atoms with van der Waals surface area (Å²) in [7, 11) is 1.64. The van der Waals surface area contributed by atoms with E-state index in [1.165, 1.54) is 10.6 Å². The number of imidazole rings is 1. The third kappa shape index (κ3) is 2.85. The number of nitrogens with one attached hydrogen (secondary N) is 2. The molecule has 2 N–H and O–H groups in total. The van der Waals surface area contributed by atoms with Gasteiger partial charge in [-0.25, -0.2) is 4.98 Å². The summed E-state index contributed by atoms with van der Waals surface area (Å²) >= 11 is 0. The van der Waals surface area contributed by atoms with Gasteiger partial charge in [-0.15, -0.1) is 0 Å². The van der Waals surface area contributed by atoms with Crippen LogP contribution in [0.2, 0.25) is 0 Å². The molecule has 6 heteroatoms. The maximum absolute atomic E-state index is 11.8. The molecule has 0 unspecified atom stereocenters. The second kappa shape index (κ2) is 5.31. The molecule has 0 aromatic carbocycles. The number of aromatic nitrogens is 3. The standard InChI is InChI=1S/C12H14N4O2/c1-16-5-3-9(6-11(16)17)12(18)14-4-2-10-7-13-8-15-10/h3,5-8H,2,4H2,1H3,(H,13,15)(H,14,18). The maximum atomic E-state index is 11.8. The summed E-state index contributed by atoms with van der Waals surface area (Å²) in [5.74, 6) is -0.243. The van der Waals surface area contributed by atoms with E-state index in [0.717, 1.165) is 5.69 Å². The van der Waals surface area contributed by atoms with Crippen LogP contribution in [0.3, 0.4) is 0 Å². The Morgan fingerprint density at radius 2 is 2.39 bits per heavy atom. The normalized spacial score (nSPS) is 10.3. The Labute approximate surface area is 104 Å². The summed E-state index contributed by atoms with van der Waals surface area (Å²) in [4.78, 5) is 30.0. The van der Waals surface area contributed by atoms with Gasteiger partial charge >= 0.3 is 0 Å². The van der Waals surface area contributed by atoms with Crippen LogP contribution < -0.4 is 10.9 Å². The lowest BCUT2D eigenvalue weighted by Crippen LogP contribution is -2.27. The van der Waals surface area contributed by atoms with Gasteiger partial charge in [0.1, 0.15) is 0 Å². The Kier molecular flexibility index (Phi) is 3.57. The first-order valence-electron chi connectivity index (χ1n) is 5.59. The molecule has 0 radical (unpaired) electrons. The Morgan fingerprint density at radius 3 is 3.06 bits per heavy atom. The molecule has 18 heavy (non-hydrogen) atoms. The molecule has 0 saturated carbocycles. The molecule has 0 atom stereocenters. The van der Waals surface area contributed by atoms with Crippen molar-refractivity contribution < 1.29 is 4.79 Å². The lowest BCUT2D eigenvalue weighted by Gasteiger charge is -2.04. The fourth-order valence-corrected chi connectivity index (χ4v) is 1.52. The van der Waals surface area contributed by atoms with Crippen molar-refractivity contribution in [1.82, 2.24) is 19.9 Å². The fourth-order valence-electron chi connectivity index (χ4n) is 1.52. The van der Waals surface area contributed by atoms with Crippen LogP contribution in [0.15, 0.2) is 35.6 Å². The lowest BCUT2D eigenvalue weighted by molar-refractivity contribution is 0.0954. The number of amides is 1. The molecule has 0 aliphatic carbocycles. The third-order valence-electron chi connectivity index (χ3n) is 2.60. The Morgan fingerprint density at radius 1 is 1.56 bits per heavy atom. The number of nitrogens with zero attached hydrogens (tertiary/aromatic N) is 2. The predicted molar refractivity (Wildman–Crippen MR) is 66.3 cm³/mol. The molecule has 2 heterocycles. The van der Waals surface area contributed by atoms with Crippen molar-refractivity contribution in [3.63, 3.8) is 0 Å². The van der Waals surface area contributed by atoms with Crippen molar-refractivity contribution in [2.24, 2.45) is 7.05 Å². The number of hydrogen-bond donors (Lipinski definition) is 2. The summed E-state index contributed by atoms with van der Waals surface area (Å²) < 4.78 is 1.42. The maximum Gasteiger partial charge on any atom is 0.251 e. The number of carbonyl (C=O) groups is 1. The molecule has 0 saturated heterocycles. The van der Waals surface area contributed by atoms with Crippen molar-refractivity contribution >= 4 is 5.91 Å². The van der Waals surface area contributed by atoms with E-state index in [1.54, 1.807) is 31.8 Å². The molecular formula is C12H14N4O2. The predicted octanol–water partition coefficient (Wildman–Crippen LogP) is 0.0809. The van der Waals surface area contributed by atoms with Crippen LogP contribution in [0.4, 0.5) is 0 Å². The van der Waals surface area contributed by atoms with E-state index >= 15 is 0 Å². The minimum Gasteiger partial charge on any atom is -0.352 e. The molecule has 2 rings (SSSR count). The zero-order valence-corrected chi connectivity index (χ0v) is 10.0. The minimum atomic E-state index is -0.243. The lowest BCUT2D eigenvalue weighted by atomic mass is 10.2. The second-order valence-corrected chi connectivity index (χ2v) is 3.95. The molecule has 0 bridgehead atoms. The Balaban J connectivity index is 1.91. The number of carbonyl (C=O) groups excluding carboxylic acids is 1. The van der Waals surface area contributed by atoms with Gasteiger partial charge in [-0.05, 0) is 6.07 Å². The van der Waals surface area contributed by atoms with Crippen LogP contribution in [0.1, 0.15) is 16.1 Å². The summed E-state index contributed by atoms with van der Waals surface area (Å²) in [6, 6.07) is 2.94. The van der Waals surface area contributed by atoms with Crippen LogP contribution in [-0.4, -0.2) is 27.0 Å². The highest BCUT2D eigenvalue weighted by Gasteiger charge is 2.06. The molecule has 0 aliphatic rings. The zero-order chi connectivity index (χ0) is 13.0. The highest BCUT2D eigenvalue weighted by Crippen LogP contribution is 1.95. The Bertz CT molecular complexity index is 586. The van der Waals surface area contributed by atoms with Gasteiger partial charge in [0.15, 0.2) is 0 Å². The second-order valence-electron chi connectivity index (χ2n) is 3.95. The van der Waals surface area contributed by atoms with Crippen LogP contribution in [-0.2, 0) is 13.5 Å². The van der Waals surface area contributed by atoms with Gasteiger partial charge in [0.2, 0.25) is 0 Å². The van der Waals surface area contributed by atoms with Gasteiger partial charge in [0, 0.05) is 49.7 Å². The monoisotopic (exact) mass is 246 g/mol. The highest BCUT2D eigenvalue weighted by atomic mass is 16.2. The van der Waals surface area contributed by atoms with Crippen molar-refractivity contribution in [1.29, 1.82) is 0 Å². The number of pyridine rings is 1. The minimum absolute atomic E-state index is 0.198. The molecule has 0 fully saturated rings. The van der Waals surface area contributed by atoms with Gasteiger partial charge in [0.05, 0.1) is 6.33 Å². The zero-order valence-electron chi connectivity index (χ0n) is 10.0. The highest BCUT2D eigenvalue weighted by molar-refractivity contribution is 5.93. The first-order valence-corrected chi connectivity index (χ1v) is 5.59. The van der Waals surface area contributed by atoms with Crippen molar-refractivity contribution in [2.45, 2.75) is 6.42 Å². The topological polar surface area (TPSA) is 79.8 Å². The van der Waals surface area contributed by atoms with Crippen LogP contribution >= 0.6 is 0 Å². The summed E-state index contributed by atoms with van der Waals surface area (Å²) in [5, 5.41) is 2.75. The van der Waals surface area contributed by atoms with E-state index in [0.29, 0.717) is 18.5 Å². The summed E-state index contributed by atoms with van der Waals surface area (Å²) in [5.41, 5.74) is 1.14. The first kappa shape index (κ1) is 12.1. The van der Waals surface area contributed by atoms with Crippen molar-refractivity contribution in [3.8, 4) is 0 Å². The van der Waals surface area contributed by atoms with E-state index in [-0.39, 0.29) is 11.5 Å². The van der Waals surface area contributed by atoms with Crippen molar-refractivity contribution in [3.05, 3.63) is 52.5 Å². The van der Waals surface area contributed by atoms with Gasteiger partial charge in [-0.2, -0.15) is 0 Å². The van der Waals surface area contributed by atoms with E-state index < -0.39 is 0 Å². The average molecular weight is 246 g/mol. The largest absolute Gasteiger partial charge is 0.352 e. The third-order valence-corrected chi connectivity index (χ3v) is 2.60. The van der Waals surface area contributed by atoms with E-state index in [4.69, 9.17) is 0 Å². The van der Waals surface area contributed by atoms with Gasteiger partial charge in [-0.1, -0.05) is 0 Å². The Hall–Kier alpha value is -2.37. The van der Waals surface area contributed by atoms with Crippen LogP contribution in [0, 0.1) is 0 Å². The summed E-state index contributed by atoms with van der Waals surface area (Å²) in [6.07, 6.45) is 5.56. The van der Waals surface area contributed by atoms with E-state index in [1.807, 2.05) is 0 Å². The quantitative estimate of drug-likeness (QED) is 0.801. The van der Waals surface area contributed by atoms with Gasteiger partial charge < -0.3 is 14.9 Å². The van der Waals surface area contributed by atoms with Crippen LogP contribution in [0.25, 0.3) is 0 Å². The number of rotatable bonds is 4. The average Bonchev–Trinajstić information content (AvgIpc) is 2.85. The number of aryl methyl sites for hydroxylation is 1. The first-order chi connectivity index (χ1) is 8.66. The number of aromatic amines is 1. The van der Waals surface area contributed by atoms with Gasteiger partial charge in [0.25, 0.3) is 11.5 Å². The molecule has 1 amide bonds. The fraction of sp³-hybridized carbons (Fsp3) is 0.250. The van der Waals surface area contributed by atoms with E-state index in [2.05, 4.69) is 15.3 Å².